The Morgan fingerprint density at radius 1 is 1.47 bits per heavy atom. The van der Waals surface area contributed by atoms with E-state index in [-0.39, 0.29) is 6.42 Å². The largest absolute Gasteiger partial charge is 0.481 e. The SMILES string of the molecule is Cc1ccc(S(=O)(=O)N2CCCCC2CC(=O)O)s1. The molecule has 2 rings (SSSR count). The van der Waals surface area contributed by atoms with Crippen LogP contribution in [-0.2, 0) is 14.8 Å². The van der Waals surface area contributed by atoms with E-state index in [0.717, 1.165) is 17.7 Å². The third-order valence-corrected chi connectivity index (χ3v) is 6.68. The Labute approximate surface area is 116 Å². The first-order valence-corrected chi connectivity index (χ1v) is 8.47. The maximum atomic E-state index is 12.5. The lowest BCUT2D eigenvalue weighted by atomic mass is 10.0. The molecule has 0 saturated carbocycles. The van der Waals surface area contributed by atoms with Gasteiger partial charge in [-0.1, -0.05) is 6.42 Å². The fourth-order valence-electron chi connectivity index (χ4n) is 2.36. The molecule has 1 N–H and O–H groups in total. The minimum Gasteiger partial charge on any atom is -0.481 e. The number of rotatable bonds is 4. The average molecular weight is 303 g/mol. The fraction of sp³-hybridized carbons (Fsp3) is 0.583. The second kappa shape index (κ2) is 5.60. The van der Waals surface area contributed by atoms with Gasteiger partial charge in [0, 0.05) is 17.5 Å². The number of aryl methyl sites for hydroxylation is 1. The summed E-state index contributed by atoms with van der Waals surface area (Å²) in [6.45, 7) is 2.27. The molecule has 0 amide bonds. The number of carboxylic acids is 1. The third-order valence-electron chi connectivity index (χ3n) is 3.26. The smallest absolute Gasteiger partial charge is 0.304 e. The van der Waals surface area contributed by atoms with Crippen LogP contribution in [0.15, 0.2) is 16.3 Å². The highest BCUT2D eigenvalue weighted by molar-refractivity contribution is 7.91. The molecule has 5 nitrogen and oxygen atoms in total. The minimum atomic E-state index is -3.55. The molecule has 0 spiro atoms. The Bertz CT molecular complexity index is 564. The quantitative estimate of drug-likeness (QED) is 0.924. The van der Waals surface area contributed by atoms with Crippen molar-refractivity contribution < 1.29 is 18.3 Å². The molecule has 2 heterocycles. The van der Waals surface area contributed by atoms with Crippen LogP contribution in [0.2, 0.25) is 0 Å². The Kier molecular flexibility index (Phi) is 4.27. The molecule has 0 aliphatic carbocycles. The highest BCUT2D eigenvalue weighted by Gasteiger charge is 2.35. The van der Waals surface area contributed by atoms with E-state index >= 15 is 0 Å². The Morgan fingerprint density at radius 3 is 2.79 bits per heavy atom. The van der Waals surface area contributed by atoms with Gasteiger partial charge in [-0.3, -0.25) is 4.79 Å². The van der Waals surface area contributed by atoms with Crippen LogP contribution in [0.25, 0.3) is 0 Å². The normalized spacial score (nSPS) is 21.4. The highest BCUT2D eigenvalue weighted by Crippen LogP contribution is 2.30. The first-order valence-electron chi connectivity index (χ1n) is 6.21. The molecular formula is C12H17NO4S2. The minimum absolute atomic E-state index is 0.121. The number of aliphatic carboxylic acids is 1. The van der Waals surface area contributed by atoms with Gasteiger partial charge < -0.3 is 5.11 Å². The lowest BCUT2D eigenvalue weighted by Gasteiger charge is -2.33. The second-order valence-corrected chi connectivity index (χ2v) is 8.13. The van der Waals surface area contributed by atoms with E-state index in [1.807, 2.05) is 6.92 Å². The lowest BCUT2D eigenvalue weighted by molar-refractivity contribution is -0.138. The van der Waals surface area contributed by atoms with Gasteiger partial charge >= 0.3 is 5.97 Å². The molecule has 1 aromatic heterocycles. The van der Waals surface area contributed by atoms with Crippen LogP contribution in [-0.4, -0.2) is 36.4 Å². The van der Waals surface area contributed by atoms with Crippen molar-refractivity contribution in [3.8, 4) is 0 Å². The molecule has 106 valence electrons. The van der Waals surface area contributed by atoms with Crippen molar-refractivity contribution in [1.82, 2.24) is 4.31 Å². The molecule has 1 fully saturated rings. The maximum absolute atomic E-state index is 12.5. The van der Waals surface area contributed by atoms with Gasteiger partial charge in [0.1, 0.15) is 4.21 Å². The summed E-state index contributed by atoms with van der Waals surface area (Å²) < 4.78 is 26.8. The molecule has 0 radical (unpaired) electrons. The van der Waals surface area contributed by atoms with Crippen LogP contribution in [0.5, 0.6) is 0 Å². The number of carboxylic acid groups (broad SMARTS) is 1. The predicted octanol–water partition coefficient (Wildman–Crippen LogP) is 2.07. The van der Waals surface area contributed by atoms with Crippen molar-refractivity contribution in [2.75, 3.05) is 6.54 Å². The maximum Gasteiger partial charge on any atom is 0.304 e. The van der Waals surface area contributed by atoms with Gasteiger partial charge in [-0.2, -0.15) is 4.31 Å². The summed E-state index contributed by atoms with van der Waals surface area (Å²) in [6.07, 6.45) is 2.17. The van der Waals surface area contributed by atoms with Crippen molar-refractivity contribution >= 4 is 27.3 Å². The van der Waals surface area contributed by atoms with E-state index in [1.165, 1.54) is 15.6 Å². The number of hydrogen-bond acceptors (Lipinski definition) is 4. The van der Waals surface area contributed by atoms with Gasteiger partial charge in [0.15, 0.2) is 0 Å². The monoisotopic (exact) mass is 303 g/mol. The Morgan fingerprint density at radius 2 is 2.21 bits per heavy atom. The van der Waals surface area contributed by atoms with Crippen LogP contribution in [0, 0.1) is 6.92 Å². The van der Waals surface area contributed by atoms with E-state index < -0.39 is 22.0 Å². The van der Waals surface area contributed by atoms with Gasteiger partial charge in [-0.05, 0) is 31.9 Å². The summed E-state index contributed by atoms with van der Waals surface area (Å²) in [5, 5.41) is 8.91. The molecule has 0 aromatic carbocycles. The Balaban J connectivity index is 2.28. The highest BCUT2D eigenvalue weighted by atomic mass is 32.2. The zero-order valence-corrected chi connectivity index (χ0v) is 12.3. The van der Waals surface area contributed by atoms with Crippen LogP contribution < -0.4 is 0 Å². The van der Waals surface area contributed by atoms with E-state index in [1.54, 1.807) is 12.1 Å². The first-order chi connectivity index (χ1) is 8.91. The Hall–Kier alpha value is -0.920. The van der Waals surface area contributed by atoms with Crippen LogP contribution in [0.1, 0.15) is 30.6 Å². The fourth-order valence-corrected chi connectivity index (χ4v) is 5.47. The van der Waals surface area contributed by atoms with Crippen molar-refractivity contribution in [2.24, 2.45) is 0 Å². The molecule has 1 atom stereocenters. The van der Waals surface area contributed by atoms with Crippen LogP contribution >= 0.6 is 11.3 Å². The number of thiophene rings is 1. The van der Waals surface area contributed by atoms with E-state index in [2.05, 4.69) is 0 Å². The van der Waals surface area contributed by atoms with Crippen molar-refractivity contribution in [3.63, 3.8) is 0 Å². The zero-order chi connectivity index (χ0) is 14.0. The van der Waals surface area contributed by atoms with E-state index in [4.69, 9.17) is 5.11 Å². The topological polar surface area (TPSA) is 74.7 Å². The zero-order valence-electron chi connectivity index (χ0n) is 10.7. The van der Waals surface area contributed by atoms with Gasteiger partial charge in [-0.25, -0.2) is 8.42 Å². The van der Waals surface area contributed by atoms with Crippen molar-refractivity contribution in [1.29, 1.82) is 0 Å². The summed E-state index contributed by atoms with van der Waals surface area (Å²) in [7, 11) is -3.55. The molecule has 1 aliphatic rings. The van der Waals surface area contributed by atoms with Gasteiger partial charge in [0.2, 0.25) is 0 Å². The standard InChI is InChI=1S/C12H17NO4S2/c1-9-5-6-12(18-9)19(16,17)13-7-3-2-4-10(13)8-11(14)15/h5-6,10H,2-4,7-8H2,1H3,(H,14,15). The molecule has 1 aliphatic heterocycles. The summed E-state index contributed by atoms with van der Waals surface area (Å²) in [5.74, 6) is -0.950. The number of sulfonamides is 1. The average Bonchev–Trinajstić information content (AvgIpc) is 2.76. The van der Waals surface area contributed by atoms with Crippen molar-refractivity contribution in [3.05, 3.63) is 17.0 Å². The number of piperidine rings is 1. The first kappa shape index (κ1) is 14.5. The van der Waals surface area contributed by atoms with E-state index in [9.17, 15) is 13.2 Å². The molecule has 7 heteroatoms. The number of carbonyl (C=O) groups is 1. The predicted molar refractivity (Wildman–Crippen MR) is 72.8 cm³/mol. The van der Waals surface area contributed by atoms with E-state index in [0.29, 0.717) is 17.2 Å². The van der Waals surface area contributed by atoms with Gasteiger partial charge in [0.25, 0.3) is 10.0 Å². The second-order valence-electron chi connectivity index (χ2n) is 4.73. The van der Waals surface area contributed by atoms with Gasteiger partial charge in [0.05, 0.1) is 6.42 Å². The summed E-state index contributed by atoms with van der Waals surface area (Å²) in [5.41, 5.74) is 0. The molecule has 0 bridgehead atoms. The third kappa shape index (κ3) is 3.16. The molecule has 1 saturated heterocycles. The molecule has 1 unspecified atom stereocenters. The number of hydrogen-bond donors (Lipinski definition) is 1. The van der Waals surface area contributed by atoms with Crippen molar-refractivity contribution in [2.45, 2.75) is 42.9 Å². The summed E-state index contributed by atoms with van der Waals surface area (Å²) in [6, 6.07) is 2.95. The summed E-state index contributed by atoms with van der Waals surface area (Å²) in [4.78, 5) is 11.8. The summed E-state index contributed by atoms with van der Waals surface area (Å²) >= 11 is 1.23. The lowest BCUT2D eigenvalue weighted by Crippen LogP contribution is -2.44. The van der Waals surface area contributed by atoms with Crippen LogP contribution in [0.3, 0.4) is 0 Å². The molecule has 1 aromatic rings. The molecule has 19 heavy (non-hydrogen) atoms. The molecular weight excluding hydrogens is 286 g/mol. The van der Waals surface area contributed by atoms with Gasteiger partial charge in [-0.15, -0.1) is 11.3 Å². The van der Waals surface area contributed by atoms with Crippen LogP contribution in [0.4, 0.5) is 0 Å². The number of nitrogens with zero attached hydrogens (tertiary/aromatic N) is 1.